The molecule has 0 rings (SSSR count). The second-order valence-electron chi connectivity index (χ2n) is 12.2. The molecule has 0 spiro atoms. The summed E-state index contributed by atoms with van der Waals surface area (Å²) in [6, 6.07) is 0. The minimum Gasteiger partial charge on any atom is -1.00 e. The van der Waals surface area contributed by atoms with Gasteiger partial charge in [-0.05, 0) is 80.6 Å². The summed E-state index contributed by atoms with van der Waals surface area (Å²) >= 11 is 0. The molecule has 0 heterocycles. The zero-order valence-electron chi connectivity index (χ0n) is 39.4. The first-order valence-electron chi connectivity index (χ1n) is 19.6. The first kappa shape index (κ1) is 80.2. The first-order chi connectivity index (χ1) is 26.6. The van der Waals surface area contributed by atoms with Gasteiger partial charge < -0.3 is 39.2 Å². The summed E-state index contributed by atoms with van der Waals surface area (Å²) in [5.41, 5.74) is 0. The van der Waals surface area contributed by atoms with Crippen LogP contribution in [0.4, 0.5) is 0 Å². The first-order valence-corrected chi connectivity index (χ1v) is 25.2. The number of hydrogen-bond donors (Lipinski definition) is 7. The van der Waals surface area contributed by atoms with Crippen molar-refractivity contribution in [2.75, 3.05) is 49.3 Å². The third-order valence-electron chi connectivity index (χ3n) is 9.82. The van der Waals surface area contributed by atoms with E-state index in [1.807, 2.05) is 0 Å². The Kier molecular flexibility index (Phi) is 102. The number of nitrogens with zero attached hydrogens (tertiary/aromatic N) is 6. The van der Waals surface area contributed by atoms with Crippen molar-refractivity contribution >= 4 is 69.2 Å². The third-order valence-corrected chi connectivity index (χ3v) is 21.3. The molecule has 3 unspecified atom stereocenters. The van der Waals surface area contributed by atoms with Gasteiger partial charge in [0, 0.05) is 14.5 Å². The quantitative estimate of drug-likeness (QED) is 0.0175. The van der Waals surface area contributed by atoms with Crippen molar-refractivity contribution in [3.05, 3.63) is 29.4 Å². The van der Waals surface area contributed by atoms with Gasteiger partial charge in [-0.1, -0.05) is 85.0 Å². The van der Waals surface area contributed by atoms with Gasteiger partial charge in [0.2, 0.25) is 0 Å². The van der Waals surface area contributed by atoms with Crippen LogP contribution in [-0.2, 0) is 0 Å². The van der Waals surface area contributed by atoms with Crippen LogP contribution in [0.5, 0.6) is 0 Å². The number of rotatable bonds is 22. The maximum atomic E-state index is 10.8. The fraction of sp³-hybridized carbons (Fsp3) is 1.00. The van der Waals surface area contributed by atoms with E-state index >= 15 is 0 Å². The number of unbranched alkanes of at least 4 members (excludes halogenated alkanes) is 7. The fourth-order valence-corrected chi connectivity index (χ4v) is 11.5. The molecule has 0 saturated heterocycles. The Morgan fingerprint density at radius 1 is 0.439 bits per heavy atom. The van der Waals surface area contributed by atoms with Gasteiger partial charge in [0.25, 0.3) is 0 Å². The Morgan fingerprint density at radius 3 is 0.842 bits per heavy atom. The molecule has 346 valence electrons. The SMILES string of the molecule is CCCCCCC(CCCC)C(O)(P)CCCCCC.CC[P+](CC)(CC)CC.CC[P+](CC)(CC)CC.O=NO.O=NO.O=NO.O=NO.O=NO.O=NO.[H-].[H-].[Sr+2]. The molecule has 0 saturated carbocycles. The van der Waals surface area contributed by atoms with Crippen LogP contribution in [0.15, 0.2) is 32.0 Å². The molecular formula is C34H87N6O13P3Sr+2. The zero-order valence-corrected chi connectivity index (χ0v) is 43.8. The topological polar surface area (TPSA) is 318 Å². The van der Waals surface area contributed by atoms with Crippen molar-refractivity contribution in [1.82, 2.24) is 0 Å². The minimum atomic E-state index is -0.519. The van der Waals surface area contributed by atoms with Gasteiger partial charge in [0.05, 0.1) is 54.6 Å². The summed E-state index contributed by atoms with van der Waals surface area (Å²) in [6.07, 6.45) is 27.7. The summed E-state index contributed by atoms with van der Waals surface area (Å²) in [7, 11) is 1.95. The van der Waals surface area contributed by atoms with Crippen LogP contribution in [0.3, 0.4) is 0 Å². The molecule has 57 heavy (non-hydrogen) atoms. The molecule has 0 amide bonds. The monoisotopic (exact) mass is 968 g/mol. The standard InChI is InChI=1S/C18H39OP.2C8H20P.6HNO2.Sr.2H/c1-4-7-10-12-15-17(14-9-6-3)18(19,20)16-13-11-8-5-2;2*1-5-9(6-2,7-3)8-4;6*2-1-3;;;/h17,19H,4-16,20H2,1-3H3;2*5-8H2,1-4H3;6*(H,2,3);;;/q;2*+1;;;;;;;+2;2*-1. The average Bonchev–Trinajstić information content (AvgIpc) is 3.18. The third kappa shape index (κ3) is 73.1. The molecule has 0 aromatic rings. The van der Waals surface area contributed by atoms with E-state index < -0.39 is 19.9 Å². The Morgan fingerprint density at radius 2 is 0.649 bits per heavy atom. The van der Waals surface area contributed by atoms with E-state index in [1.165, 1.54) is 158 Å². The maximum absolute atomic E-state index is 10.8. The molecule has 0 aliphatic rings. The van der Waals surface area contributed by atoms with E-state index in [2.05, 4.69) is 85.4 Å². The van der Waals surface area contributed by atoms with E-state index in [1.54, 1.807) is 0 Å². The minimum absolute atomic E-state index is 0. The molecule has 19 nitrogen and oxygen atoms in total. The predicted molar refractivity (Wildman–Crippen MR) is 247 cm³/mol. The number of aliphatic hydroxyl groups is 1. The zero-order chi connectivity index (χ0) is 46.2. The summed E-state index contributed by atoms with van der Waals surface area (Å²) in [4.78, 5) is 48.7. The van der Waals surface area contributed by atoms with Gasteiger partial charge >= 0.3 is 45.5 Å². The Balaban J connectivity index is -0.0000000480. The van der Waals surface area contributed by atoms with Crippen molar-refractivity contribution < 1.29 is 39.2 Å². The number of hydrogen-bond acceptors (Lipinski definition) is 13. The van der Waals surface area contributed by atoms with E-state index in [-0.39, 0.29) is 48.3 Å². The second-order valence-corrected chi connectivity index (χ2v) is 23.6. The molecule has 0 fully saturated rings. The van der Waals surface area contributed by atoms with Gasteiger partial charge in [-0.3, -0.25) is 0 Å². The molecule has 7 N–H and O–H groups in total. The molecule has 0 radical (unpaired) electrons. The van der Waals surface area contributed by atoms with Crippen LogP contribution < -0.4 is 0 Å². The Bertz CT molecular complexity index is 683. The van der Waals surface area contributed by atoms with Crippen LogP contribution in [0.2, 0.25) is 0 Å². The van der Waals surface area contributed by atoms with Gasteiger partial charge in [0.1, 0.15) is 0 Å². The van der Waals surface area contributed by atoms with Crippen LogP contribution in [0.1, 0.15) is 162 Å². The predicted octanol–water partition coefficient (Wildman–Crippen LogP) is 13.2. The van der Waals surface area contributed by atoms with E-state index in [4.69, 9.17) is 60.7 Å². The Labute approximate surface area is 387 Å². The summed E-state index contributed by atoms with van der Waals surface area (Å²) < 4.78 is 0. The van der Waals surface area contributed by atoms with Gasteiger partial charge in [-0.15, -0.1) is 38.7 Å². The van der Waals surface area contributed by atoms with E-state index in [0.717, 1.165) is 6.42 Å². The summed E-state index contributed by atoms with van der Waals surface area (Å²) in [5, 5.41) is 57.6. The van der Waals surface area contributed by atoms with Crippen molar-refractivity contribution in [3.63, 3.8) is 0 Å². The molecule has 0 aromatic carbocycles. The van der Waals surface area contributed by atoms with Crippen LogP contribution >= 0.6 is 23.8 Å². The molecule has 0 aromatic heterocycles. The normalized spacial score (nSPS) is 10.7. The Hall–Kier alpha value is -0.869. The molecule has 23 heteroatoms. The molecular weight excluding hydrogens is 881 g/mol. The van der Waals surface area contributed by atoms with Crippen molar-refractivity contribution in [3.8, 4) is 0 Å². The van der Waals surface area contributed by atoms with Gasteiger partial charge in [0.15, 0.2) is 32.0 Å². The maximum Gasteiger partial charge on any atom is 2.00 e. The van der Waals surface area contributed by atoms with E-state index in [9.17, 15) is 5.11 Å². The smallest absolute Gasteiger partial charge is 1.00 e. The van der Waals surface area contributed by atoms with Crippen molar-refractivity contribution in [2.24, 2.45) is 38.0 Å². The van der Waals surface area contributed by atoms with Gasteiger partial charge in [-0.25, -0.2) is 0 Å². The summed E-state index contributed by atoms with van der Waals surface area (Å²) in [6.45, 7) is 25.6. The van der Waals surface area contributed by atoms with E-state index in [0.29, 0.717) is 5.92 Å². The van der Waals surface area contributed by atoms with Crippen LogP contribution in [0, 0.1) is 35.4 Å². The molecule has 3 atom stereocenters. The van der Waals surface area contributed by atoms with Gasteiger partial charge in [-0.2, -0.15) is 0 Å². The van der Waals surface area contributed by atoms with Crippen LogP contribution in [-0.4, -0.2) is 136 Å². The van der Waals surface area contributed by atoms with Crippen molar-refractivity contribution in [2.45, 2.75) is 165 Å². The second kappa shape index (κ2) is 72.7. The van der Waals surface area contributed by atoms with Crippen molar-refractivity contribution in [1.29, 1.82) is 0 Å². The largest absolute Gasteiger partial charge is 2.00 e. The fourth-order valence-electron chi connectivity index (χ4n) is 5.63. The molecule has 0 bridgehead atoms. The summed E-state index contributed by atoms with van der Waals surface area (Å²) in [5.74, 6) is 0.478. The van der Waals surface area contributed by atoms with Crippen LogP contribution in [0.25, 0.3) is 0 Å². The average molecular weight is 969 g/mol. The molecule has 0 aliphatic carbocycles. The molecule has 0 aliphatic heterocycles.